The second kappa shape index (κ2) is 11.7. The summed E-state index contributed by atoms with van der Waals surface area (Å²) in [6.45, 7) is 6.38. The van der Waals surface area contributed by atoms with E-state index in [9.17, 15) is 9.59 Å². The first-order valence-corrected chi connectivity index (χ1v) is 10.7. The molecule has 2 amide bonds. The molecule has 2 N–H and O–H groups in total. The van der Waals surface area contributed by atoms with Gasteiger partial charge in [-0.1, -0.05) is 50.2 Å². The Balaban J connectivity index is 1.53. The first kappa shape index (κ1) is 23.1. The SMILES string of the molecule is CCN(CC)C(CNC(=O)COc1cccc(NC(=O)c2ccco2)c1)c1ccccc1. The van der Waals surface area contributed by atoms with Crippen LogP contribution < -0.4 is 15.4 Å². The molecule has 2 aromatic carbocycles. The summed E-state index contributed by atoms with van der Waals surface area (Å²) in [5.74, 6) is 0.147. The van der Waals surface area contributed by atoms with Crippen LogP contribution in [-0.4, -0.2) is 43.0 Å². The Kier molecular flexibility index (Phi) is 8.45. The minimum atomic E-state index is -0.353. The average molecular weight is 436 g/mol. The number of carbonyl (C=O) groups excluding carboxylic acids is 2. The lowest BCUT2D eigenvalue weighted by atomic mass is 10.1. The van der Waals surface area contributed by atoms with Crippen LogP contribution in [0.25, 0.3) is 0 Å². The molecule has 1 atom stereocenters. The number of furan rings is 1. The zero-order chi connectivity index (χ0) is 22.8. The lowest BCUT2D eigenvalue weighted by Gasteiger charge is -2.30. The zero-order valence-corrected chi connectivity index (χ0v) is 18.4. The number of hydrogen-bond acceptors (Lipinski definition) is 5. The fourth-order valence-corrected chi connectivity index (χ4v) is 3.47. The number of nitrogens with one attached hydrogen (secondary N) is 2. The summed E-state index contributed by atoms with van der Waals surface area (Å²) in [6.07, 6.45) is 1.44. The van der Waals surface area contributed by atoms with Crippen LogP contribution in [0, 0.1) is 0 Å². The maximum Gasteiger partial charge on any atom is 0.291 e. The molecule has 1 heterocycles. The van der Waals surface area contributed by atoms with Crippen LogP contribution in [0.5, 0.6) is 5.75 Å². The third-order valence-corrected chi connectivity index (χ3v) is 5.14. The molecule has 168 valence electrons. The van der Waals surface area contributed by atoms with Gasteiger partial charge in [-0.3, -0.25) is 14.5 Å². The van der Waals surface area contributed by atoms with Crippen LogP contribution in [0.2, 0.25) is 0 Å². The molecule has 1 unspecified atom stereocenters. The summed E-state index contributed by atoms with van der Waals surface area (Å²) in [5.41, 5.74) is 1.72. The molecule has 0 aliphatic carbocycles. The number of benzene rings is 2. The van der Waals surface area contributed by atoms with Crippen molar-refractivity contribution in [2.45, 2.75) is 19.9 Å². The minimum Gasteiger partial charge on any atom is -0.484 e. The van der Waals surface area contributed by atoms with Crippen molar-refractivity contribution >= 4 is 17.5 Å². The molecule has 0 fully saturated rings. The average Bonchev–Trinajstić information content (AvgIpc) is 3.36. The van der Waals surface area contributed by atoms with E-state index in [1.54, 1.807) is 36.4 Å². The third kappa shape index (κ3) is 6.46. The highest BCUT2D eigenvalue weighted by Gasteiger charge is 2.18. The van der Waals surface area contributed by atoms with Crippen molar-refractivity contribution < 1.29 is 18.7 Å². The van der Waals surface area contributed by atoms with Crippen LogP contribution in [0.15, 0.2) is 77.4 Å². The fourth-order valence-electron chi connectivity index (χ4n) is 3.47. The molecule has 3 aromatic rings. The van der Waals surface area contributed by atoms with Crippen molar-refractivity contribution in [1.29, 1.82) is 0 Å². The number of anilines is 1. The Morgan fingerprint density at radius 1 is 1.00 bits per heavy atom. The van der Waals surface area contributed by atoms with E-state index in [2.05, 4.69) is 41.5 Å². The van der Waals surface area contributed by atoms with Gasteiger partial charge in [0, 0.05) is 18.3 Å². The molecule has 0 aliphatic heterocycles. The zero-order valence-electron chi connectivity index (χ0n) is 18.4. The van der Waals surface area contributed by atoms with Gasteiger partial charge in [0.25, 0.3) is 11.8 Å². The smallest absolute Gasteiger partial charge is 0.291 e. The molecule has 3 rings (SSSR count). The number of carbonyl (C=O) groups is 2. The van der Waals surface area contributed by atoms with Crippen molar-refractivity contribution in [2.24, 2.45) is 0 Å². The second-order valence-corrected chi connectivity index (χ2v) is 7.20. The normalized spacial score (nSPS) is 11.7. The summed E-state index contributed by atoms with van der Waals surface area (Å²) in [7, 11) is 0. The molecule has 0 spiro atoms. The Morgan fingerprint density at radius 2 is 1.78 bits per heavy atom. The van der Waals surface area contributed by atoms with E-state index in [-0.39, 0.29) is 30.2 Å². The molecule has 0 saturated carbocycles. The molecular formula is C25H29N3O4. The monoisotopic (exact) mass is 435 g/mol. The van der Waals surface area contributed by atoms with Gasteiger partial charge in [-0.15, -0.1) is 0 Å². The number of rotatable bonds is 11. The van der Waals surface area contributed by atoms with E-state index in [1.807, 2.05) is 18.2 Å². The van der Waals surface area contributed by atoms with Gasteiger partial charge in [-0.2, -0.15) is 0 Å². The number of likely N-dealkylation sites (N-methyl/N-ethyl adjacent to an activating group) is 1. The van der Waals surface area contributed by atoms with Crippen LogP contribution in [0.1, 0.15) is 36.0 Å². The molecule has 7 nitrogen and oxygen atoms in total. The Morgan fingerprint density at radius 3 is 2.47 bits per heavy atom. The highest BCUT2D eigenvalue weighted by Crippen LogP contribution is 2.20. The summed E-state index contributed by atoms with van der Waals surface area (Å²) in [5, 5.41) is 5.72. The van der Waals surface area contributed by atoms with E-state index in [1.165, 1.54) is 6.26 Å². The summed E-state index contributed by atoms with van der Waals surface area (Å²) in [6, 6.07) is 20.4. The van der Waals surface area contributed by atoms with Gasteiger partial charge in [0.1, 0.15) is 5.75 Å². The molecular weight excluding hydrogens is 406 g/mol. The number of ether oxygens (including phenoxy) is 1. The van der Waals surface area contributed by atoms with Crippen molar-refractivity contribution in [2.75, 3.05) is 31.6 Å². The molecule has 32 heavy (non-hydrogen) atoms. The second-order valence-electron chi connectivity index (χ2n) is 7.20. The van der Waals surface area contributed by atoms with E-state index < -0.39 is 0 Å². The van der Waals surface area contributed by atoms with Crippen molar-refractivity contribution in [1.82, 2.24) is 10.2 Å². The molecule has 0 radical (unpaired) electrons. The van der Waals surface area contributed by atoms with E-state index in [0.29, 0.717) is 18.0 Å². The molecule has 1 aromatic heterocycles. The van der Waals surface area contributed by atoms with Crippen molar-refractivity contribution in [3.05, 3.63) is 84.3 Å². The van der Waals surface area contributed by atoms with E-state index in [0.717, 1.165) is 18.7 Å². The first-order chi connectivity index (χ1) is 15.6. The van der Waals surface area contributed by atoms with Crippen LogP contribution in [0.4, 0.5) is 5.69 Å². The highest BCUT2D eigenvalue weighted by atomic mass is 16.5. The van der Waals surface area contributed by atoms with Gasteiger partial charge in [0.05, 0.1) is 12.3 Å². The predicted molar refractivity (Wildman–Crippen MR) is 124 cm³/mol. The third-order valence-electron chi connectivity index (χ3n) is 5.14. The maximum atomic E-state index is 12.4. The fraction of sp³-hybridized carbons (Fsp3) is 0.280. The summed E-state index contributed by atoms with van der Waals surface area (Å²) in [4.78, 5) is 26.8. The Labute approximate surface area is 188 Å². The summed E-state index contributed by atoms with van der Waals surface area (Å²) >= 11 is 0. The van der Waals surface area contributed by atoms with Gasteiger partial charge < -0.3 is 19.8 Å². The number of nitrogens with zero attached hydrogens (tertiary/aromatic N) is 1. The highest BCUT2D eigenvalue weighted by molar-refractivity contribution is 6.02. The minimum absolute atomic E-state index is 0.0929. The standard InChI is InChI=1S/C25H29N3O4/c1-3-28(4-2)22(19-10-6-5-7-11-19)17-26-24(29)18-32-21-13-8-12-20(16-21)27-25(30)23-14-9-15-31-23/h5-16,22H,3-4,17-18H2,1-2H3,(H,26,29)(H,27,30). The predicted octanol–water partition coefficient (Wildman–Crippen LogP) is 4.11. The molecule has 0 bridgehead atoms. The largest absolute Gasteiger partial charge is 0.484 e. The van der Waals surface area contributed by atoms with E-state index >= 15 is 0 Å². The van der Waals surface area contributed by atoms with Gasteiger partial charge >= 0.3 is 0 Å². The Hall–Kier alpha value is -3.58. The maximum absolute atomic E-state index is 12.4. The van der Waals surface area contributed by atoms with E-state index in [4.69, 9.17) is 9.15 Å². The van der Waals surface area contributed by atoms with Gasteiger partial charge in [0.15, 0.2) is 12.4 Å². The summed E-state index contributed by atoms with van der Waals surface area (Å²) < 4.78 is 10.7. The number of hydrogen-bond donors (Lipinski definition) is 2. The topological polar surface area (TPSA) is 83.8 Å². The van der Waals surface area contributed by atoms with Crippen molar-refractivity contribution in [3.8, 4) is 5.75 Å². The quantitative estimate of drug-likeness (QED) is 0.474. The van der Waals surface area contributed by atoms with Gasteiger partial charge in [0.2, 0.25) is 0 Å². The van der Waals surface area contributed by atoms with Crippen LogP contribution in [0.3, 0.4) is 0 Å². The Bertz CT molecular complexity index is 985. The lowest BCUT2D eigenvalue weighted by Crippen LogP contribution is -2.39. The molecule has 0 saturated heterocycles. The van der Waals surface area contributed by atoms with Crippen molar-refractivity contribution in [3.63, 3.8) is 0 Å². The van der Waals surface area contributed by atoms with Gasteiger partial charge in [-0.25, -0.2) is 0 Å². The van der Waals surface area contributed by atoms with Crippen LogP contribution in [-0.2, 0) is 4.79 Å². The number of amides is 2. The lowest BCUT2D eigenvalue weighted by molar-refractivity contribution is -0.123. The van der Waals surface area contributed by atoms with Gasteiger partial charge in [-0.05, 0) is 42.9 Å². The van der Waals surface area contributed by atoms with Crippen LogP contribution >= 0.6 is 0 Å². The molecule has 7 heteroatoms. The first-order valence-electron chi connectivity index (χ1n) is 10.7. The molecule has 0 aliphatic rings.